The van der Waals surface area contributed by atoms with Gasteiger partial charge in [-0.3, -0.25) is 0 Å². The maximum Gasteiger partial charge on any atom is 0.244 e. The van der Waals surface area contributed by atoms with Crippen LogP contribution < -0.4 is 9.46 Å². The number of rotatable bonds is 4. The zero-order valence-corrected chi connectivity index (χ0v) is 12.4. The van der Waals surface area contributed by atoms with Gasteiger partial charge in [0.05, 0.1) is 13.2 Å². The van der Waals surface area contributed by atoms with Crippen molar-refractivity contribution < 1.29 is 13.2 Å². The number of aromatic nitrogens is 2. The summed E-state index contributed by atoms with van der Waals surface area (Å²) in [6, 6.07) is 6.91. The fraction of sp³-hybridized carbons (Fsp3) is 0.286. The van der Waals surface area contributed by atoms with E-state index in [1.165, 1.54) is 0 Å². The Hall–Kier alpha value is -1.99. The van der Waals surface area contributed by atoms with Crippen LogP contribution in [0, 0.1) is 6.92 Å². The average molecular weight is 305 g/mol. The average Bonchev–Trinajstić information content (AvgIpc) is 2.93. The van der Waals surface area contributed by atoms with Gasteiger partial charge in [-0.05, 0) is 24.6 Å². The van der Waals surface area contributed by atoms with Gasteiger partial charge in [0.1, 0.15) is 16.5 Å². The second-order valence-corrected chi connectivity index (χ2v) is 6.52. The van der Waals surface area contributed by atoms with Gasteiger partial charge in [0.2, 0.25) is 10.0 Å². The van der Waals surface area contributed by atoms with Crippen LogP contribution in [0.3, 0.4) is 0 Å². The van der Waals surface area contributed by atoms with E-state index in [9.17, 15) is 8.42 Å². The zero-order chi connectivity index (χ0) is 14.9. The lowest BCUT2D eigenvalue weighted by molar-refractivity contribution is 0.348. The van der Waals surface area contributed by atoms with Crippen LogP contribution in [-0.4, -0.2) is 25.0 Å². The van der Waals surface area contributed by atoms with Crippen LogP contribution in [0.15, 0.2) is 35.4 Å². The van der Waals surface area contributed by atoms with Crippen molar-refractivity contribution in [3.8, 4) is 5.75 Å². The number of para-hydroxylation sites is 1. The number of nitrogens with zero attached hydrogens (tertiary/aromatic N) is 2. The quantitative estimate of drug-likeness (QED) is 0.918. The molecule has 0 unspecified atom stereocenters. The predicted molar refractivity (Wildman–Crippen MR) is 76.4 cm³/mol. The molecule has 0 radical (unpaired) electrons. The van der Waals surface area contributed by atoms with E-state index in [0.717, 1.165) is 17.7 Å². The van der Waals surface area contributed by atoms with E-state index >= 15 is 0 Å². The van der Waals surface area contributed by atoms with Crippen LogP contribution in [0.5, 0.6) is 5.75 Å². The fourth-order valence-electron chi connectivity index (χ4n) is 2.22. The molecule has 2 aromatic rings. The van der Waals surface area contributed by atoms with Crippen LogP contribution in [0.25, 0.3) is 0 Å². The highest BCUT2D eigenvalue weighted by atomic mass is 32.2. The van der Waals surface area contributed by atoms with E-state index in [1.807, 2.05) is 13.0 Å². The first-order chi connectivity index (χ1) is 10.1. The molecule has 7 heteroatoms. The van der Waals surface area contributed by atoms with Crippen molar-refractivity contribution in [1.82, 2.24) is 14.7 Å². The molecule has 0 aliphatic carbocycles. The van der Waals surface area contributed by atoms with Gasteiger partial charge in [-0.2, -0.15) is 0 Å². The molecule has 0 spiro atoms. The Morgan fingerprint density at radius 3 is 3.00 bits per heavy atom. The van der Waals surface area contributed by atoms with E-state index in [0.29, 0.717) is 18.2 Å². The number of hydrogen-bond acceptors (Lipinski definition) is 5. The van der Waals surface area contributed by atoms with Gasteiger partial charge in [-0.25, -0.2) is 23.1 Å². The summed E-state index contributed by atoms with van der Waals surface area (Å²) >= 11 is 0. The van der Waals surface area contributed by atoms with Crippen LogP contribution in [0.4, 0.5) is 0 Å². The van der Waals surface area contributed by atoms with E-state index in [4.69, 9.17) is 4.74 Å². The standard InChI is InChI=1S/C14H15N3O3S/c1-10-5-7-15-13(17-10)9-16-21(18,19)12-4-2-3-11-6-8-20-14(11)12/h2-5,7,16H,6,8-9H2,1H3. The molecule has 0 bridgehead atoms. The van der Waals surface area contributed by atoms with E-state index < -0.39 is 10.0 Å². The molecular weight excluding hydrogens is 290 g/mol. The molecule has 6 nitrogen and oxygen atoms in total. The predicted octanol–water partition coefficient (Wildman–Crippen LogP) is 1.20. The third-order valence-electron chi connectivity index (χ3n) is 3.23. The summed E-state index contributed by atoms with van der Waals surface area (Å²) in [7, 11) is -3.65. The first-order valence-electron chi connectivity index (χ1n) is 6.59. The van der Waals surface area contributed by atoms with Crippen LogP contribution in [-0.2, 0) is 23.0 Å². The second-order valence-electron chi connectivity index (χ2n) is 4.78. The SMILES string of the molecule is Cc1ccnc(CNS(=O)(=O)c2cccc3c2OCC3)n1. The number of nitrogens with one attached hydrogen (secondary N) is 1. The molecular formula is C14H15N3O3S. The minimum Gasteiger partial charge on any atom is -0.492 e. The molecule has 0 saturated carbocycles. The molecule has 0 fully saturated rings. The molecule has 1 aromatic heterocycles. The van der Waals surface area contributed by atoms with Gasteiger partial charge < -0.3 is 4.74 Å². The summed E-state index contributed by atoms with van der Waals surface area (Å²) in [5.74, 6) is 0.891. The van der Waals surface area contributed by atoms with Crippen LogP contribution in [0.2, 0.25) is 0 Å². The number of benzene rings is 1. The monoisotopic (exact) mass is 305 g/mol. The van der Waals surface area contributed by atoms with Crippen molar-refractivity contribution in [3.63, 3.8) is 0 Å². The number of sulfonamides is 1. The highest BCUT2D eigenvalue weighted by Crippen LogP contribution is 2.32. The Bertz CT molecular complexity index is 775. The highest BCUT2D eigenvalue weighted by molar-refractivity contribution is 7.89. The molecule has 0 atom stereocenters. The number of ether oxygens (including phenoxy) is 1. The molecule has 110 valence electrons. The Balaban J connectivity index is 1.83. The zero-order valence-electron chi connectivity index (χ0n) is 11.5. The Morgan fingerprint density at radius 1 is 1.33 bits per heavy atom. The van der Waals surface area contributed by atoms with Gasteiger partial charge in [-0.1, -0.05) is 12.1 Å². The summed E-state index contributed by atoms with van der Waals surface area (Å²) in [6.45, 7) is 2.40. The third-order valence-corrected chi connectivity index (χ3v) is 4.66. The lowest BCUT2D eigenvalue weighted by Gasteiger charge is -2.10. The van der Waals surface area contributed by atoms with Crippen molar-refractivity contribution in [1.29, 1.82) is 0 Å². The Labute approximate surface area is 123 Å². The smallest absolute Gasteiger partial charge is 0.244 e. The second kappa shape index (κ2) is 5.42. The third kappa shape index (κ3) is 2.88. The van der Waals surface area contributed by atoms with E-state index in [1.54, 1.807) is 24.4 Å². The van der Waals surface area contributed by atoms with Gasteiger partial charge in [0.25, 0.3) is 0 Å². The van der Waals surface area contributed by atoms with Crippen molar-refractivity contribution in [3.05, 3.63) is 47.5 Å². The molecule has 21 heavy (non-hydrogen) atoms. The van der Waals surface area contributed by atoms with Gasteiger partial charge >= 0.3 is 0 Å². The summed E-state index contributed by atoms with van der Waals surface area (Å²) < 4.78 is 32.8. The molecule has 0 amide bonds. The van der Waals surface area contributed by atoms with Crippen molar-refractivity contribution in [2.45, 2.75) is 24.8 Å². The molecule has 1 aliphatic rings. The largest absolute Gasteiger partial charge is 0.492 e. The van der Waals surface area contributed by atoms with E-state index in [-0.39, 0.29) is 11.4 Å². The molecule has 2 heterocycles. The first-order valence-corrected chi connectivity index (χ1v) is 8.07. The van der Waals surface area contributed by atoms with Crippen LogP contribution >= 0.6 is 0 Å². The maximum atomic E-state index is 12.4. The minimum absolute atomic E-state index is 0.0493. The van der Waals surface area contributed by atoms with Crippen LogP contribution in [0.1, 0.15) is 17.1 Å². The normalized spacial score (nSPS) is 13.8. The van der Waals surface area contributed by atoms with Gasteiger partial charge in [0.15, 0.2) is 0 Å². The molecule has 0 saturated heterocycles. The summed E-state index contributed by atoms with van der Waals surface area (Å²) in [5, 5.41) is 0. The lowest BCUT2D eigenvalue weighted by Crippen LogP contribution is -2.24. The number of fused-ring (bicyclic) bond motifs is 1. The molecule has 1 aliphatic heterocycles. The minimum atomic E-state index is -3.65. The topological polar surface area (TPSA) is 81.2 Å². The van der Waals surface area contributed by atoms with Crippen molar-refractivity contribution in [2.24, 2.45) is 0 Å². The highest BCUT2D eigenvalue weighted by Gasteiger charge is 2.24. The summed E-state index contributed by atoms with van der Waals surface area (Å²) in [6.07, 6.45) is 2.34. The fourth-order valence-corrected chi connectivity index (χ4v) is 3.39. The maximum absolute atomic E-state index is 12.4. The van der Waals surface area contributed by atoms with E-state index in [2.05, 4.69) is 14.7 Å². The summed E-state index contributed by atoms with van der Waals surface area (Å²) in [5.41, 5.74) is 1.72. The first kappa shape index (κ1) is 14.0. The summed E-state index contributed by atoms with van der Waals surface area (Å²) in [4.78, 5) is 8.38. The van der Waals surface area contributed by atoms with Crippen molar-refractivity contribution in [2.75, 3.05) is 6.61 Å². The lowest BCUT2D eigenvalue weighted by atomic mass is 10.2. The molecule has 1 N–H and O–H groups in total. The number of aryl methyl sites for hydroxylation is 1. The Morgan fingerprint density at radius 2 is 2.19 bits per heavy atom. The van der Waals surface area contributed by atoms with Crippen molar-refractivity contribution >= 4 is 10.0 Å². The number of hydrogen-bond donors (Lipinski definition) is 1. The van der Waals surface area contributed by atoms with Gasteiger partial charge in [-0.15, -0.1) is 0 Å². The Kier molecular flexibility index (Phi) is 3.60. The molecule has 3 rings (SSSR count). The van der Waals surface area contributed by atoms with Gasteiger partial charge in [0, 0.05) is 18.3 Å². The molecule has 1 aromatic carbocycles.